The standard InChI is InChI=1S/C20H30N2O4/c1-20(2,3)26-18(23)21-16-4-5-22(11-16)19(24)25-17-14-7-12-6-13(9-14)10-15(17)8-12/h6,12,14-17H,4-5,7-11H2,1-3H3,(H,21,23)/t12?,14?,15?,16-,17?/m1/s1. The highest BCUT2D eigenvalue weighted by molar-refractivity contribution is 5.70. The zero-order chi connectivity index (χ0) is 18.5. The molecule has 144 valence electrons. The average Bonchev–Trinajstić information content (AvgIpc) is 2.96. The number of carbonyl (C=O) groups excluding carboxylic acids is 2. The summed E-state index contributed by atoms with van der Waals surface area (Å²) in [6.07, 6.45) is 7.17. The first-order valence-corrected chi connectivity index (χ1v) is 9.91. The smallest absolute Gasteiger partial charge is 0.410 e. The molecule has 2 saturated carbocycles. The number of amides is 2. The molecule has 6 heteroatoms. The summed E-state index contributed by atoms with van der Waals surface area (Å²) in [5.41, 5.74) is 1.06. The van der Waals surface area contributed by atoms with Crippen LogP contribution in [0.15, 0.2) is 11.6 Å². The Bertz CT molecular complexity index is 606. The normalized spacial score (nSPS) is 35.3. The lowest BCUT2D eigenvalue weighted by atomic mass is 9.60. The number of likely N-dealkylation sites (tertiary alicyclic amines) is 1. The lowest BCUT2D eigenvalue weighted by molar-refractivity contribution is -0.0433. The van der Waals surface area contributed by atoms with E-state index in [2.05, 4.69) is 11.4 Å². The Morgan fingerprint density at radius 3 is 2.50 bits per heavy atom. The van der Waals surface area contributed by atoms with Crippen molar-refractivity contribution < 1.29 is 19.1 Å². The quantitative estimate of drug-likeness (QED) is 0.764. The zero-order valence-electron chi connectivity index (χ0n) is 16.0. The molecule has 1 N–H and O–H groups in total. The van der Waals surface area contributed by atoms with Gasteiger partial charge in [0.05, 0.1) is 6.04 Å². The molecule has 1 saturated heterocycles. The maximum Gasteiger partial charge on any atom is 0.410 e. The molecule has 1 heterocycles. The van der Waals surface area contributed by atoms with Gasteiger partial charge in [-0.15, -0.1) is 0 Å². The van der Waals surface area contributed by atoms with E-state index in [1.165, 1.54) is 12.8 Å². The summed E-state index contributed by atoms with van der Waals surface area (Å²) < 4.78 is 11.3. The van der Waals surface area contributed by atoms with Crippen LogP contribution in [-0.2, 0) is 9.47 Å². The van der Waals surface area contributed by atoms with E-state index in [4.69, 9.17) is 9.47 Å². The van der Waals surface area contributed by atoms with Crippen molar-refractivity contribution in [1.82, 2.24) is 10.2 Å². The van der Waals surface area contributed by atoms with Gasteiger partial charge in [0.15, 0.2) is 0 Å². The highest BCUT2D eigenvalue weighted by Crippen LogP contribution is 2.51. The van der Waals surface area contributed by atoms with Crippen molar-refractivity contribution in [2.75, 3.05) is 13.1 Å². The largest absolute Gasteiger partial charge is 0.445 e. The van der Waals surface area contributed by atoms with Crippen LogP contribution in [0.4, 0.5) is 9.59 Å². The van der Waals surface area contributed by atoms with Crippen molar-refractivity contribution in [2.45, 2.75) is 70.6 Å². The van der Waals surface area contributed by atoms with Gasteiger partial charge in [0, 0.05) is 24.9 Å². The van der Waals surface area contributed by atoms with E-state index >= 15 is 0 Å². The van der Waals surface area contributed by atoms with Gasteiger partial charge in [0.1, 0.15) is 11.7 Å². The highest BCUT2D eigenvalue weighted by atomic mass is 16.6. The van der Waals surface area contributed by atoms with Crippen LogP contribution in [0.1, 0.15) is 52.9 Å². The van der Waals surface area contributed by atoms with E-state index in [1.807, 2.05) is 20.8 Å². The summed E-state index contributed by atoms with van der Waals surface area (Å²) >= 11 is 0. The van der Waals surface area contributed by atoms with Crippen LogP contribution >= 0.6 is 0 Å². The maximum atomic E-state index is 12.6. The molecule has 3 atom stereocenters. The van der Waals surface area contributed by atoms with E-state index < -0.39 is 11.7 Å². The minimum absolute atomic E-state index is 0.0685. The summed E-state index contributed by atoms with van der Waals surface area (Å²) in [6, 6.07) is -0.0685. The van der Waals surface area contributed by atoms with Gasteiger partial charge in [-0.2, -0.15) is 0 Å². The summed E-state index contributed by atoms with van der Waals surface area (Å²) in [7, 11) is 0. The summed E-state index contributed by atoms with van der Waals surface area (Å²) in [5.74, 6) is 1.73. The minimum atomic E-state index is -0.518. The van der Waals surface area contributed by atoms with Gasteiger partial charge >= 0.3 is 12.2 Å². The van der Waals surface area contributed by atoms with Gasteiger partial charge in [0.25, 0.3) is 0 Å². The lowest BCUT2D eigenvalue weighted by Gasteiger charge is -2.49. The predicted molar refractivity (Wildman–Crippen MR) is 96.6 cm³/mol. The van der Waals surface area contributed by atoms with Gasteiger partial charge in [-0.1, -0.05) is 11.6 Å². The van der Waals surface area contributed by atoms with Gasteiger partial charge in [-0.3, -0.25) is 0 Å². The third-order valence-corrected chi connectivity index (χ3v) is 6.06. The number of allylic oxidation sites excluding steroid dienone is 2. The molecule has 2 unspecified atom stereocenters. The van der Waals surface area contributed by atoms with Gasteiger partial charge in [0.2, 0.25) is 0 Å². The van der Waals surface area contributed by atoms with Gasteiger partial charge in [-0.25, -0.2) is 9.59 Å². The van der Waals surface area contributed by atoms with Crippen LogP contribution in [0.25, 0.3) is 0 Å². The van der Waals surface area contributed by atoms with E-state index in [0.29, 0.717) is 30.8 Å². The molecule has 5 rings (SSSR count). The summed E-state index contributed by atoms with van der Waals surface area (Å²) in [6.45, 7) is 6.63. The molecule has 0 radical (unpaired) electrons. The van der Waals surface area contributed by atoms with E-state index in [1.54, 1.807) is 10.5 Å². The Balaban J connectivity index is 1.27. The van der Waals surface area contributed by atoms with Crippen molar-refractivity contribution in [2.24, 2.45) is 17.8 Å². The van der Waals surface area contributed by atoms with Gasteiger partial charge in [-0.05, 0) is 58.8 Å². The van der Waals surface area contributed by atoms with Crippen molar-refractivity contribution in [3.05, 3.63) is 11.6 Å². The fraction of sp³-hybridized carbons (Fsp3) is 0.800. The SMILES string of the molecule is CC(C)(C)OC(=O)N[C@@H]1CCN(C(=O)OC2C3CC4=CC(C3)CC2C4)C1. The molecule has 0 spiro atoms. The van der Waals surface area contributed by atoms with E-state index in [0.717, 1.165) is 19.3 Å². The van der Waals surface area contributed by atoms with Crippen LogP contribution in [0.5, 0.6) is 0 Å². The van der Waals surface area contributed by atoms with Gasteiger partial charge < -0.3 is 19.7 Å². The topological polar surface area (TPSA) is 67.9 Å². The lowest BCUT2D eigenvalue weighted by Crippen LogP contribution is -2.48. The van der Waals surface area contributed by atoms with E-state index in [9.17, 15) is 9.59 Å². The fourth-order valence-electron chi connectivity index (χ4n) is 5.19. The first-order chi connectivity index (χ1) is 12.3. The van der Waals surface area contributed by atoms with Crippen LogP contribution in [-0.4, -0.2) is 47.9 Å². The van der Waals surface area contributed by atoms with Crippen molar-refractivity contribution in [1.29, 1.82) is 0 Å². The first kappa shape index (κ1) is 17.7. The van der Waals surface area contributed by atoms with Crippen LogP contribution in [0.2, 0.25) is 0 Å². The molecule has 5 aliphatic rings. The number of hydrogen-bond donors (Lipinski definition) is 1. The van der Waals surface area contributed by atoms with E-state index in [-0.39, 0.29) is 18.2 Å². The molecule has 4 aliphatic carbocycles. The fourth-order valence-corrected chi connectivity index (χ4v) is 5.19. The number of carbonyl (C=O) groups is 2. The summed E-state index contributed by atoms with van der Waals surface area (Å²) in [5, 5.41) is 2.86. The van der Waals surface area contributed by atoms with Crippen molar-refractivity contribution in [3.8, 4) is 0 Å². The Morgan fingerprint density at radius 1 is 1.19 bits per heavy atom. The number of ether oxygens (including phenoxy) is 2. The Labute approximate surface area is 155 Å². The first-order valence-electron chi connectivity index (χ1n) is 9.91. The molecule has 4 bridgehead atoms. The number of alkyl carbamates (subject to hydrolysis) is 1. The number of hydrogen-bond acceptors (Lipinski definition) is 4. The third-order valence-electron chi connectivity index (χ3n) is 6.06. The summed E-state index contributed by atoms with van der Waals surface area (Å²) in [4.78, 5) is 26.3. The molecular formula is C20H30N2O4. The van der Waals surface area contributed by atoms with Crippen LogP contribution < -0.4 is 5.32 Å². The zero-order valence-corrected chi connectivity index (χ0v) is 16.0. The molecule has 2 amide bonds. The monoisotopic (exact) mass is 362 g/mol. The third kappa shape index (κ3) is 3.69. The second kappa shape index (κ2) is 6.46. The second-order valence-electron chi connectivity index (χ2n) is 9.41. The van der Waals surface area contributed by atoms with Crippen molar-refractivity contribution in [3.63, 3.8) is 0 Å². The van der Waals surface area contributed by atoms with Crippen molar-refractivity contribution >= 4 is 12.2 Å². The average molecular weight is 362 g/mol. The van der Waals surface area contributed by atoms with Crippen LogP contribution in [0.3, 0.4) is 0 Å². The number of nitrogens with one attached hydrogen (secondary N) is 1. The molecule has 0 aromatic rings. The number of nitrogens with zero attached hydrogens (tertiary/aromatic N) is 1. The number of rotatable bonds is 2. The second-order valence-corrected chi connectivity index (χ2v) is 9.41. The Hall–Kier alpha value is -1.72. The minimum Gasteiger partial charge on any atom is -0.445 e. The molecule has 6 nitrogen and oxygen atoms in total. The molecule has 0 aromatic heterocycles. The molecule has 1 aliphatic heterocycles. The Morgan fingerprint density at radius 2 is 1.88 bits per heavy atom. The van der Waals surface area contributed by atoms with Crippen LogP contribution in [0, 0.1) is 17.8 Å². The molecule has 0 aromatic carbocycles. The predicted octanol–water partition coefficient (Wildman–Crippen LogP) is 3.47. The maximum absolute atomic E-state index is 12.6. The molecule has 26 heavy (non-hydrogen) atoms. The molecular weight excluding hydrogens is 332 g/mol. The highest BCUT2D eigenvalue weighted by Gasteiger charge is 2.47. The molecule has 3 fully saturated rings. The Kier molecular flexibility index (Phi) is 4.40.